The highest BCUT2D eigenvalue weighted by Crippen LogP contribution is 2.44. The highest BCUT2D eigenvalue weighted by Gasteiger charge is 2.61. The van der Waals surface area contributed by atoms with Gasteiger partial charge in [0.2, 0.25) is 0 Å². The number of nitro groups is 1. The van der Waals surface area contributed by atoms with Crippen LogP contribution in [0.2, 0.25) is 0 Å². The second-order valence-corrected chi connectivity index (χ2v) is 3.60. The smallest absolute Gasteiger partial charge is 0.455 e. The maximum absolute atomic E-state index is 13.0. The van der Waals surface area contributed by atoms with Gasteiger partial charge in [-0.25, -0.2) is 0 Å². The van der Waals surface area contributed by atoms with Crippen LogP contribution in [0.5, 0.6) is 5.75 Å². The minimum absolute atomic E-state index is 0. The van der Waals surface area contributed by atoms with Crippen LogP contribution in [-0.2, 0) is 0 Å². The summed E-state index contributed by atoms with van der Waals surface area (Å²) in [5, 5.41) is 19.5. The molecule has 0 aliphatic carbocycles. The van der Waals surface area contributed by atoms with E-state index in [-0.39, 0.29) is 12.4 Å². The Kier molecular flexibility index (Phi) is 5.27. The molecule has 1 aromatic rings. The average molecular weight is 323 g/mol. The molecule has 0 aromatic heterocycles. The zero-order valence-corrected chi connectivity index (χ0v) is 10.2. The van der Waals surface area contributed by atoms with Crippen LogP contribution in [-0.4, -0.2) is 22.1 Å². The van der Waals surface area contributed by atoms with Crippen LogP contribution in [0.15, 0.2) is 18.2 Å². The van der Waals surface area contributed by atoms with E-state index >= 15 is 0 Å². The number of nitrogens with zero attached hydrogens (tertiary/aromatic N) is 1. The Bertz CT molecular complexity index is 509. The molecule has 3 N–H and O–H groups in total. The van der Waals surface area contributed by atoms with Gasteiger partial charge in [-0.15, -0.1) is 12.4 Å². The van der Waals surface area contributed by atoms with Crippen LogP contribution in [0.1, 0.15) is 11.6 Å². The van der Waals surface area contributed by atoms with Gasteiger partial charge in [0.15, 0.2) is 5.75 Å². The van der Waals surface area contributed by atoms with E-state index in [1.165, 1.54) is 0 Å². The first kappa shape index (κ1) is 18.3. The second kappa shape index (κ2) is 5.75. The Morgan fingerprint density at radius 2 is 1.75 bits per heavy atom. The number of nitro benzene ring substituents is 1. The lowest BCUT2D eigenvalue weighted by molar-refractivity contribution is -0.386. The lowest BCUT2D eigenvalue weighted by Gasteiger charge is -2.25. The van der Waals surface area contributed by atoms with E-state index in [1.807, 2.05) is 0 Å². The number of phenols is 1. The Morgan fingerprint density at radius 1 is 1.25 bits per heavy atom. The van der Waals surface area contributed by atoms with E-state index < -0.39 is 40.1 Å². The molecule has 0 unspecified atom stereocenters. The monoisotopic (exact) mass is 322 g/mol. The Balaban J connectivity index is 0.00000361. The maximum atomic E-state index is 13.0. The quantitative estimate of drug-likeness (QED) is 0.508. The van der Waals surface area contributed by atoms with E-state index in [0.717, 1.165) is 0 Å². The van der Waals surface area contributed by atoms with Gasteiger partial charge in [0.25, 0.3) is 0 Å². The van der Waals surface area contributed by atoms with Gasteiger partial charge >= 0.3 is 17.8 Å². The molecular formula is C9H8ClF5N2O3. The first-order valence-corrected chi connectivity index (χ1v) is 4.66. The number of alkyl halides is 5. The standard InChI is InChI=1S/C9H7F5N2O3.ClH/c10-8(11,9(12,13)14)7(15)4-1-2-6(17)5(3-4)16(18)19;/h1-3,7,17H,15H2;1H/t7-;/m1./s1. The summed E-state index contributed by atoms with van der Waals surface area (Å²) in [4.78, 5) is 9.31. The fourth-order valence-corrected chi connectivity index (χ4v) is 1.27. The molecule has 1 atom stereocenters. The molecule has 11 heteroatoms. The summed E-state index contributed by atoms with van der Waals surface area (Å²) in [6, 6.07) is -1.15. The van der Waals surface area contributed by atoms with Gasteiger partial charge in [-0.3, -0.25) is 10.1 Å². The van der Waals surface area contributed by atoms with Crippen molar-refractivity contribution < 1.29 is 32.0 Å². The molecule has 5 nitrogen and oxygen atoms in total. The zero-order chi connectivity index (χ0) is 15.0. The molecule has 0 spiro atoms. The first-order valence-electron chi connectivity index (χ1n) is 4.66. The van der Waals surface area contributed by atoms with Crippen LogP contribution in [0.25, 0.3) is 0 Å². The fraction of sp³-hybridized carbons (Fsp3) is 0.333. The zero-order valence-electron chi connectivity index (χ0n) is 9.40. The molecule has 114 valence electrons. The molecule has 1 rings (SSSR count). The Hall–Kier alpha value is -1.68. The number of nitrogens with two attached hydrogens (primary N) is 1. The first-order chi connectivity index (χ1) is 8.48. The molecule has 0 fully saturated rings. The second-order valence-electron chi connectivity index (χ2n) is 3.60. The van der Waals surface area contributed by atoms with Gasteiger partial charge in [-0.1, -0.05) is 6.07 Å². The molecule has 20 heavy (non-hydrogen) atoms. The van der Waals surface area contributed by atoms with Gasteiger partial charge in [0, 0.05) is 6.07 Å². The lowest BCUT2D eigenvalue weighted by Crippen LogP contribution is -2.45. The minimum Gasteiger partial charge on any atom is -0.502 e. The molecule has 0 bridgehead atoms. The maximum Gasteiger partial charge on any atom is 0.455 e. The summed E-state index contributed by atoms with van der Waals surface area (Å²) in [6.45, 7) is 0. The summed E-state index contributed by atoms with van der Waals surface area (Å²) in [7, 11) is 0. The molecule has 0 heterocycles. The molecule has 0 saturated heterocycles. The van der Waals surface area contributed by atoms with Crippen molar-refractivity contribution in [3.8, 4) is 5.75 Å². The van der Waals surface area contributed by atoms with Crippen molar-refractivity contribution in [2.24, 2.45) is 5.73 Å². The molecule has 1 aromatic carbocycles. The van der Waals surface area contributed by atoms with Gasteiger partial charge in [0.1, 0.15) is 6.04 Å². The highest BCUT2D eigenvalue weighted by molar-refractivity contribution is 5.85. The fourth-order valence-electron chi connectivity index (χ4n) is 1.27. The number of hydrogen-bond donors (Lipinski definition) is 2. The van der Waals surface area contributed by atoms with E-state index in [2.05, 4.69) is 0 Å². The van der Waals surface area contributed by atoms with E-state index in [0.29, 0.717) is 18.2 Å². The van der Waals surface area contributed by atoms with E-state index in [4.69, 9.17) is 10.8 Å². The number of rotatable bonds is 3. The number of phenolic OH excluding ortho intramolecular Hbond substituents is 1. The molecule has 0 aliphatic rings. The van der Waals surface area contributed by atoms with Crippen molar-refractivity contribution in [2.75, 3.05) is 0 Å². The topological polar surface area (TPSA) is 89.4 Å². The van der Waals surface area contributed by atoms with Crippen LogP contribution in [0.4, 0.5) is 27.6 Å². The van der Waals surface area contributed by atoms with Gasteiger partial charge in [0.05, 0.1) is 4.92 Å². The summed E-state index contributed by atoms with van der Waals surface area (Å²) >= 11 is 0. The Labute approximate surface area is 114 Å². The predicted octanol–water partition coefficient (Wildman–Crippen LogP) is 2.92. The molecule has 0 amide bonds. The third-order valence-electron chi connectivity index (χ3n) is 2.32. The van der Waals surface area contributed by atoms with Crippen molar-refractivity contribution in [1.82, 2.24) is 0 Å². The summed E-state index contributed by atoms with van der Waals surface area (Å²) in [5.41, 5.74) is 2.98. The largest absolute Gasteiger partial charge is 0.502 e. The van der Waals surface area contributed by atoms with Crippen LogP contribution >= 0.6 is 12.4 Å². The molecular weight excluding hydrogens is 315 g/mol. The highest BCUT2D eigenvalue weighted by atomic mass is 35.5. The lowest BCUT2D eigenvalue weighted by atomic mass is 10.00. The van der Waals surface area contributed by atoms with Crippen molar-refractivity contribution >= 4 is 18.1 Å². The third-order valence-corrected chi connectivity index (χ3v) is 2.32. The van der Waals surface area contributed by atoms with Crippen LogP contribution < -0.4 is 5.73 Å². The SMILES string of the molecule is Cl.N[C@H](c1ccc(O)c([N+](=O)[O-])c1)C(F)(F)C(F)(F)F. The number of aromatic hydroxyl groups is 1. The minimum atomic E-state index is -5.89. The normalized spacial score (nSPS) is 13.5. The van der Waals surface area contributed by atoms with Crippen LogP contribution in [0, 0.1) is 10.1 Å². The average Bonchev–Trinajstić information content (AvgIpc) is 2.26. The van der Waals surface area contributed by atoms with Crippen molar-refractivity contribution in [1.29, 1.82) is 0 Å². The van der Waals surface area contributed by atoms with Gasteiger partial charge in [-0.05, 0) is 11.6 Å². The molecule has 0 saturated carbocycles. The molecule has 0 radical (unpaired) electrons. The molecule has 0 aliphatic heterocycles. The number of halogens is 6. The number of benzene rings is 1. The summed E-state index contributed by atoms with van der Waals surface area (Å²) < 4.78 is 62.2. The van der Waals surface area contributed by atoms with Gasteiger partial charge in [-0.2, -0.15) is 22.0 Å². The number of hydrogen-bond acceptors (Lipinski definition) is 4. The Morgan fingerprint density at radius 3 is 2.15 bits per heavy atom. The third kappa shape index (κ3) is 3.25. The predicted molar refractivity (Wildman–Crippen MR) is 59.9 cm³/mol. The van der Waals surface area contributed by atoms with Crippen LogP contribution in [0.3, 0.4) is 0 Å². The summed E-state index contributed by atoms with van der Waals surface area (Å²) in [5.74, 6) is -6.12. The van der Waals surface area contributed by atoms with Gasteiger partial charge < -0.3 is 10.8 Å². The van der Waals surface area contributed by atoms with Crippen molar-refractivity contribution in [3.05, 3.63) is 33.9 Å². The van der Waals surface area contributed by atoms with Crippen molar-refractivity contribution in [3.63, 3.8) is 0 Å². The van der Waals surface area contributed by atoms with E-state index in [1.54, 1.807) is 0 Å². The van der Waals surface area contributed by atoms with Crippen molar-refractivity contribution in [2.45, 2.75) is 18.1 Å². The van der Waals surface area contributed by atoms with E-state index in [9.17, 15) is 32.1 Å². The summed E-state index contributed by atoms with van der Waals surface area (Å²) in [6.07, 6.45) is -5.89.